The Hall–Kier alpha value is -0.410. The predicted octanol–water partition coefficient (Wildman–Crippen LogP) is 3.07. The average Bonchev–Trinajstić information content (AvgIpc) is 2.99. The third kappa shape index (κ3) is 3.02. The van der Waals surface area contributed by atoms with Crippen molar-refractivity contribution in [3.05, 3.63) is 28.5 Å². The summed E-state index contributed by atoms with van der Waals surface area (Å²) in [6, 6.07) is 2.84. The van der Waals surface area contributed by atoms with Crippen LogP contribution >= 0.6 is 15.9 Å². The van der Waals surface area contributed by atoms with Gasteiger partial charge in [-0.3, -0.25) is 9.88 Å². The van der Waals surface area contributed by atoms with Crippen molar-refractivity contribution in [1.82, 2.24) is 9.88 Å². The van der Waals surface area contributed by atoms with E-state index < -0.39 is 0 Å². The molecule has 1 saturated carbocycles. The first kappa shape index (κ1) is 11.1. The quantitative estimate of drug-likeness (QED) is 0.835. The van der Waals surface area contributed by atoms with Gasteiger partial charge in [-0.15, -0.1) is 0 Å². The number of halogens is 1. The van der Waals surface area contributed by atoms with Crippen molar-refractivity contribution in [3.63, 3.8) is 0 Å². The summed E-state index contributed by atoms with van der Waals surface area (Å²) in [6.45, 7) is 3.31. The average molecular weight is 269 g/mol. The zero-order chi connectivity index (χ0) is 10.8. The monoisotopic (exact) mass is 268 g/mol. The second kappa shape index (κ2) is 4.62. The Morgan fingerprint density at radius 2 is 2.27 bits per heavy atom. The highest BCUT2D eigenvalue weighted by atomic mass is 79.9. The van der Waals surface area contributed by atoms with Crippen LogP contribution in [-0.2, 0) is 6.54 Å². The van der Waals surface area contributed by atoms with Crippen LogP contribution in [0.15, 0.2) is 22.9 Å². The molecule has 1 aromatic heterocycles. The van der Waals surface area contributed by atoms with Gasteiger partial charge in [-0.2, -0.15) is 0 Å². The lowest BCUT2D eigenvalue weighted by Gasteiger charge is -2.24. The molecule has 0 amide bonds. The van der Waals surface area contributed by atoms with Gasteiger partial charge in [0.05, 0.1) is 0 Å². The van der Waals surface area contributed by atoms with E-state index in [2.05, 4.69) is 45.9 Å². The Labute approximate surface area is 99.8 Å². The number of nitrogens with zero attached hydrogens (tertiary/aromatic N) is 2. The highest BCUT2D eigenvalue weighted by Crippen LogP contribution is 2.35. The number of hydrogen-bond acceptors (Lipinski definition) is 2. The molecular formula is C12H17BrN2. The highest BCUT2D eigenvalue weighted by molar-refractivity contribution is 9.10. The maximum atomic E-state index is 4.18. The highest BCUT2D eigenvalue weighted by Gasteiger charge is 2.30. The van der Waals surface area contributed by atoms with Crippen LogP contribution in [-0.4, -0.2) is 23.0 Å². The zero-order valence-electron chi connectivity index (χ0n) is 9.28. The van der Waals surface area contributed by atoms with Gasteiger partial charge in [-0.05, 0) is 60.3 Å². The molecule has 3 heteroatoms. The summed E-state index contributed by atoms with van der Waals surface area (Å²) in [7, 11) is 2.20. The lowest BCUT2D eigenvalue weighted by molar-refractivity contribution is 0.226. The molecule has 1 heterocycles. The van der Waals surface area contributed by atoms with Gasteiger partial charge < -0.3 is 0 Å². The summed E-state index contributed by atoms with van der Waals surface area (Å²) >= 11 is 3.45. The summed E-state index contributed by atoms with van der Waals surface area (Å²) in [4.78, 5) is 6.60. The normalized spacial score (nSPS) is 18.1. The fraction of sp³-hybridized carbons (Fsp3) is 0.583. The third-order valence-electron chi connectivity index (χ3n) is 3.19. The van der Waals surface area contributed by atoms with Crippen LogP contribution < -0.4 is 0 Å². The second-order valence-electron chi connectivity index (χ2n) is 4.50. The lowest BCUT2D eigenvalue weighted by Crippen LogP contribution is -2.30. The van der Waals surface area contributed by atoms with Gasteiger partial charge in [-0.25, -0.2) is 0 Å². The van der Waals surface area contributed by atoms with E-state index in [0.717, 1.165) is 16.9 Å². The fourth-order valence-corrected chi connectivity index (χ4v) is 2.33. The Balaban J connectivity index is 1.95. The van der Waals surface area contributed by atoms with E-state index in [9.17, 15) is 0 Å². The van der Waals surface area contributed by atoms with Crippen LogP contribution in [0.1, 0.15) is 25.3 Å². The standard InChI is InChI=1S/C12H17BrN2/c1-9(11-3-4-11)15(2)8-10-5-12(13)7-14-6-10/h5-7,9,11H,3-4,8H2,1-2H3. The number of hydrogen-bond donors (Lipinski definition) is 0. The summed E-state index contributed by atoms with van der Waals surface area (Å²) < 4.78 is 1.06. The van der Waals surface area contributed by atoms with Gasteiger partial charge in [0.15, 0.2) is 0 Å². The molecule has 15 heavy (non-hydrogen) atoms. The van der Waals surface area contributed by atoms with Crippen molar-refractivity contribution in [2.24, 2.45) is 5.92 Å². The summed E-state index contributed by atoms with van der Waals surface area (Å²) in [6.07, 6.45) is 6.58. The van der Waals surface area contributed by atoms with Crippen molar-refractivity contribution in [1.29, 1.82) is 0 Å². The summed E-state index contributed by atoms with van der Waals surface area (Å²) in [5.41, 5.74) is 1.28. The fourth-order valence-electron chi connectivity index (χ4n) is 1.91. The zero-order valence-corrected chi connectivity index (χ0v) is 10.9. The Bertz CT molecular complexity index is 336. The molecule has 82 valence electrons. The molecule has 1 fully saturated rings. The third-order valence-corrected chi connectivity index (χ3v) is 3.63. The van der Waals surface area contributed by atoms with E-state index in [1.165, 1.54) is 18.4 Å². The summed E-state index contributed by atoms with van der Waals surface area (Å²) in [5, 5.41) is 0. The van der Waals surface area contributed by atoms with Crippen molar-refractivity contribution in [2.45, 2.75) is 32.4 Å². The Kier molecular flexibility index (Phi) is 3.42. The van der Waals surface area contributed by atoms with Gasteiger partial charge in [0.2, 0.25) is 0 Å². The van der Waals surface area contributed by atoms with E-state index >= 15 is 0 Å². The van der Waals surface area contributed by atoms with E-state index in [4.69, 9.17) is 0 Å². The molecule has 1 aromatic rings. The topological polar surface area (TPSA) is 16.1 Å². The molecular weight excluding hydrogens is 252 g/mol. The van der Waals surface area contributed by atoms with Crippen LogP contribution in [0.5, 0.6) is 0 Å². The van der Waals surface area contributed by atoms with Crippen molar-refractivity contribution >= 4 is 15.9 Å². The second-order valence-corrected chi connectivity index (χ2v) is 5.42. The minimum absolute atomic E-state index is 0.698. The Morgan fingerprint density at radius 1 is 1.53 bits per heavy atom. The lowest BCUT2D eigenvalue weighted by atomic mass is 10.1. The number of aromatic nitrogens is 1. The van der Waals surface area contributed by atoms with Crippen LogP contribution in [0.3, 0.4) is 0 Å². The van der Waals surface area contributed by atoms with Crippen LogP contribution in [0, 0.1) is 5.92 Å². The van der Waals surface area contributed by atoms with E-state index in [0.29, 0.717) is 6.04 Å². The molecule has 0 radical (unpaired) electrons. The first-order valence-electron chi connectivity index (χ1n) is 5.46. The minimum atomic E-state index is 0.698. The van der Waals surface area contributed by atoms with Gasteiger partial charge in [0.25, 0.3) is 0 Å². The first-order chi connectivity index (χ1) is 7.16. The van der Waals surface area contributed by atoms with E-state index in [1.54, 1.807) is 0 Å². The SMILES string of the molecule is CC(C1CC1)N(C)Cc1cncc(Br)c1. The van der Waals surface area contributed by atoms with Crippen molar-refractivity contribution < 1.29 is 0 Å². The maximum Gasteiger partial charge on any atom is 0.0410 e. The molecule has 1 atom stereocenters. The summed E-state index contributed by atoms with van der Waals surface area (Å²) in [5.74, 6) is 0.926. The molecule has 1 aliphatic rings. The number of pyridine rings is 1. The number of rotatable bonds is 4. The van der Waals surface area contributed by atoms with Crippen molar-refractivity contribution in [2.75, 3.05) is 7.05 Å². The first-order valence-corrected chi connectivity index (χ1v) is 6.26. The Morgan fingerprint density at radius 3 is 2.87 bits per heavy atom. The van der Waals surface area contributed by atoms with Gasteiger partial charge in [-0.1, -0.05) is 0 Å². The van der Waals surface area contributed by atoms with Crippen LogP contribution in [0.2, 0.25) is 0 Å². The maximum absolute atomic E-state index is 4.18. The van der Waals surface area contributed by atoms with Gasteiger partial charge >= 0.3 is 0 Å². The van der Waals surface area contributed by atoms with Crippen LogP contribution in [0.25, 0.3) is 0 Å². The molecule has 0 aromatic carbocycles. The molecule has 1 aliphatic carbocycles. The molecule has 0 bridgehead atoms. The van der Waals surface area contributed by atoms with Crippen LogP contribution in [0.4, 0.5) is 0 Å². The molecule has 0 N–H and O–H groups in total. The molecule has 2 nitrogen and oxygen atoms in total. The molecule has 0 aliphatic heterocycles. The molecule has 0 spiro atoms. The molecule has 1 unspecified atom stereocenters. The largest absolute Gasteiger partial charge is 0.299 e. The van der Waals surface area contributed by atoms with Gasteiger partial charge in [0.1, 0.15) is 0 Å². The van der Waals surface area contributed by atoms with E-state index in [1.807, 2.05) is 12.4 Å². The minimum Gasteiger partial charge on any atom is -0.299 e. The molecule has 2 rings (SSSR count). The van der Waals surface area contributed by atoms with Gasteiger partial charge in [0, 0.05) is 29.5 Å². The van der Waals surface area contributed by atoms with E-state index in [-0.39, 0.29) is 0 Å². The smallest absolute Gasteiger partial charge is 0.0410 e. The van der Waals surface area contributed by atoms with Crippen molar-refractivity contribution in [3.8, 4) is 0 Å². The predicted molar refractivity (Wildman–Crippen MR) is 65.6 cm³/mol. The molecule has 0 saturated heterocycles.